The lowest BCUT2D eigenvalue weighted by atomic mass is 10.0. The predicted molar refractivity (Wildman–Crippen MR) is 140 cm³/mol. The Labute approximate surface area is 213 Å². The number of fused-ring (bicyclic) bond motifs is 1. The molecule has 36 heavy (non-hydrogen) atoms. The summed E-state index contributed by atoms with van der Waals surface area (Å²) in [5.74, 6) is -1.88. The van der Waals surface area contributed by atoms with E-state index in [2.05, 4.69) is 20.6 Å². The molecule has 0 spiro atoms. The van der Waals surface area contributed by atoms with Crippen LogP contribution < -0.4 is 20.8 Å². The molecule has 0 amide bonds. The van der Waals surface area contributed by atoms with Gasteiger partial charge in [-0.25, -0.2) is 13.8 Å². The first kappa shape index (κ1) is 24.9. The summed E-state index contributed by atoms with van der Waals surface area (Å²) in [6.07, 6.45) is 1.20. The first-order valence-electron chi connectivity index (χ1n) is 11.7. The van der Waals surface area contributed by atoms with Crippen LogP contribution in [0.3, 0.4) is 0 Å². The van der Waals surface area contributed by atoms with E-state index >= 15 is 0 Å². The highest BCUT2D eigenvalue weighted by molar-refractivity contribution is 7.70. The minimum absolute atomic E-state index is 0.147. The summed E-state index contributed by atoms with van der Waals surface area (Å²) < 4.78 is 45.7. The van der Waals surface area contributed by atoms with Crippen LogP contribution in [0.2, 0.25) is 5.02 Å². The summed E-state index contributed by atoms with van der Waals surface area (Å²) in [7, 11) is -2.53. The van der Waals surface area contributed by atoms with Crippen molar-refractivity contribution in [1.82, 2.24) is 9.97 Å². The lowest BCUT2D eigenvalue weighted by molar-refractivity contribution is -0.0220. The number of nitrogens with one attached hydrogen (secondary N) is 2. The SMILES string of the molecule is CP(C)(=O)c1ccccc1Nc1nc(Nc2ccc(N3CCC(F)(F)CC3)c3c2COC3)ncc1Cl. The molecule has 2 aromatic carbocycles. The number of alkyl halides is 2. The van der Waals surface area contributed by atoms with E-state index in [1.807, 2.05) is 41.3 Å². The molecule has 0 unspecified atom stereocenters. The van der Waals surface area contributed by atoms with E-state index < -0.39 is 13.1 Å². The zero-order valence-corrected chi connectivity index (χ0v) is 21.7. The van der Waals surface area contributed by atoms with Crippen LogP contribution in [0.4, 0.5) is 37.6 Å². The molecule has 0 atom stereocenters. The molecule has 1 aromatic heterocycles. The normalized spacial score (nSPS) is 17.1. The van der Waals surface area contributed by atoms with Crippen LogP contribution in [0, 0.1) is 0 Å². The Morgan fingerprint density at radius 1 is 1.03 bits per heavy atom. The lowest BCUT2D eigenvalue weighted by Crippen LogP contribution is -2.39. The van der Waals surface area contributed by atoms with Gasteiger partial charge in [-0.1, -0.05) is 23.7 Å². The van der Waals surface area contributed by atoms with Crippen LogP contribution in [-0.4, -0.2) is 42.3 Å². The number of hydrogen-bond acceptors (Lipinski definition) is 7. The molecule has 7 nitrogen and oxygen atoms in total. The van der Waals surface area contributed by atoms with Crippen molar-refractivity contribution in [3.8, 4) is 0 Å². The third-order valence-corrected chi connectivity index (χ3v) is 8.29. The fourth-order valence-corrected chi connectivity index (χ4v) is 5.86. The van der Waals surface area contributed by atoms with Crippen LogP contribution in [0.1, 0.15) is 24.0 Å². The van der Waals surface area contributed by atoms with Gasteiger partial charge in [0.05, 0.1) is 25.1 Å². The Morgan fingerprint density at radius 3 is 2.50 bits per heavy atom. The van der Waals surface area contributed by atoms with E-state index in [1.165, 1.54) is 6.20 Å². The molecule has 190 valence electrons. The third-order valence-electron chi connectivity index (χ3n) is 6.46. The summed E-state index contributed by atoms with van der Waals surface area (Å²) in [5, 5.41) is 7.47. The third kappa shape index (κ3) is 5.19. The average molecular weight is 534 g/mol. The molecular weight excluding hydrogens is 507 g/mol. The number of hydrogen-bond donors (Lipinski definition) is 2. The Kier molecular flexibility index (Phi) is 6.66. The van der Waals surface area contributed by atoms with Crippen molar-refractivity contribution in [3.05, 3.63) is 58.7 Å². The number of ether oxygens (including phenoxy) is 1. The van der Waals surface area contributed by atoms with Crippen LogP contribution >= 0.6 is 18.7 Å². The molecule has 3 heterocycles. The van der Waals surface area contributed by atoms with Crippen LogP contribution in [0.15, 0.2) is 42.6 Å². The van der Waals surface area contributed by atoms with E-state index in [1.54, 1.807) is 13.3 Å². The van der Waals surface area contributed by atoms with E-state index in [-0.39, 0.29) is 12.8 Å². The van der Waals surface area contributed by atoms with Gasteiger partial charge in [0.25, 0.3) is 5.92 Å². The second-order valence-corrected chi connectivity index (χ2v) is 13.0. The molecule has 2 aliphatic rings. The highest BCUT2D eigenvalue weighted by Crippen LogP contribution is 2.40. The van der Waals surface area contributed by atoms with Crippen LogP contribution in [-0.2, 0) is 22.5 Å². The monoisotopic (exact) mass is 533 g/mol. The molecule has 2 N–H and O–H groups in total. The van der Waals surface area contributed by atoms with E-state index in [0.717, 1.165) is 22.5 Å². The zero-order chi connectivity index (χ0) is 25.5. The maximum Gasteiger partial charge on any atom is 0.251 e. The topological polar surface area (TPSA) is 79.4 Å². The number of rotatable bonds is 6. The summed E-state index contributed by atoms with van der Waals surface area (Å²) in [6, 6.07) is 11.2. The highest BCUT2D eigenvalue weighted by atomic mass is 35.5. The summed E-state index contributed by atoms with van der Waals surface area (Å²) in [5.41, 5.74) is 4.34. The number of aromatic nitrogens is 2. The summed E-state index contributed by atoms with van der Waals surface area (Å²) >= 11 is 6.37. The van der Waals surface area contributed by atoms with Crippen LogP contribution in [0.5, 0.6) is 0 Å². The second-order valence-electron chi connectivity index (χ2n) is 9.43. The highest BCUT2D eigenvalue weighted by Gasteiger charge is 2.35. The number of para-hydroxylation sites is 1. The van der Waals surface area contributed by atoms with Gasteiger partial charge in [0.2, 0.25) is 5.95 Å². The number of benzene rings is 2. The molecule has 0 radical (unpaired) electrons. The Balaban J connectivity index is 1.40. The number of anilines is 5. The van der Waals surface area contributed by atoms with Crippen molar-refractivity contribution in [3.63, 3.8) is 0 Å². The van der Waals surface area contributed by atoms with Gasteiger partial charge in [0, 0.05) is 53.7 Å². The van der Waals surface area contributed by atoms with E-state index in [0.29, 0.717) is 54.1 Å². The van der Waals surface area contributed by atoms with Crippen molar-refractivity contribution in [1.29, 1.82) is 0 Å². The predicted octanol–water partition coefficient (Wildman–Crippen LogP) is 6.13. The van der Waals surface area contributed by atoms with Crippen molar-refractivity contribution < 1.29 is 18.1 Å². The summed E-state index contributed by atoms with van der Waals surface area (Å²) in [6.45, 7) is 4.88. The standard InChI is InChI=1S/C25H27ClF2N5O2P/c1-36(2,34)22-6-4-3-5-20(22)30-23-18(26)13-29-24(32-23)31-19-7-8-21(17-15-35-14-16(17)19)33-11-9-25(27,28)10-12-33/h3-8,13H,9-12,14-15H2,1-2H3,(H2,29,30,31,32). The van der Waals surface area contributed by atoms with Crippen molar-refractivity contribution in [2.24, 2.45) is 0 Å². The van der Waals surface area contributed by atoms with Crippen molar-refractivity contribution in [2.75, 3.05) is 42.0 Å². The van der Waals surface area contributed by atoms with E-state index in [9.17, 15) is 13.3 Å². The minimum Gasteiger partial charge on any atom is -0.372 e. The van der Waals surface area contributed by atoms with Crippen molar-refractivity contribution in [2.45, 2.75) is 32.0 Å². The Morgan fingerprint density at radius 2 is 1.75 bits per heavy atom. The maximum atomic E-state index is 13.6. The first-order chi connectivity index (χ1) is 17.1. The average Bonchev–Trinajstić information content (AvgIpc) is 3.32. The maximum absolute atomic E-state index is 13.6. The van der Waals surface area contributed by atoms with Gasteiger partial charge >= 0.3 is 0 Å². The quantitative estimate of drug-likeness (QED) is 0.369. The van der Waals surface area contributed by atoms with Crippen LogP contribution in [0.25, 0.3) is 0 Å². The lowest BCUT2D eigenvalue weighted by Gasteiger charge is -2.34. The molecule has 0 aliphatic carbocycles. The zero-order valence-electron chi connectivity index (χ0n) is 20.0. The molecule has 2 aliphatic heterocycles. The van der Waals surface area contributed by atoms with Gasteiger partial charge in [-0.3, -0.25) is 0 Å². The van der Waals surface area contributed by atoms with Gasteiger partial charge in [0.1, 0.15) is 12.2 Å². The number of piperidine rings is 1. The smallest absolute Gasteiger partial charge is 0.251 e. The Bertz CT molecular complexity index is 1340. The largest absolute Gasteiger partial charge is 0.372 e. The fourth-order valence-electron chi connectivity index (χ4n) is 4.56. The van der Waals surface area contributed by atoms with E-state index in [4.69, 9.17) is 16.3 Å². The molecular formula is C25H27ClF2N5O2P. The van der Waals surface area contributed by atoms with Gasteiger partial charge < -0.3 is 24.8 Å². The Hall–Kier alpha value is -2.74. The van der Waals surface area contributed by atoms with Gasteiger partial charge in [0.15, 0.2) is 5.82 Å². The van der Waals surface area contributed by atoms with Gasteiger partial charge in [-0.05, 0) is 37.6 Å². The summed E-state index contributed by atoms with van der Waals surface area (Å²) in [4.78, 5) is 10.9. The molecule has 1 saturated heterocycles. The fraction of sp³-hybridized carbons (Fsp3) is 0.360. The molecule has 11 heteroatoms. The number of nitrogens with zero attached hydrogens (tertiary/aromatic N) is 3. The molecule has 1 fully saturated rings. The molecule has 0 bridgehead atoms. The number of halogens is 3. The van der Waals surface area contributed by atoms with Gasteiger partial charge in [-0.15, -0.1) is 0 Å². The molecule has 0 saturated carbocycles. The first-order valence-corrected chi connectivity index (χ1v) is 14.7. The van der Waals surface area contributed by atoms with Crippen molar-refractivity contribution >= 4 is 52.9 Å². The molecule has 5 rings (SSSR count). The molecule has 3 aromatic rings. The minimum atomic E-state index is -2.60. The second kappa shape index (κ2) is 9.61. The van der Waals surface area contributed by atoms with Gasteiger partial charge in [-0.2, -0.15) is 4.98 Å².